The van der Waals surface area contributed by atoms with Gasteiger partial charge in [-0.3, -0.25) is 4.79 Å². The summed E-state index contributed by atoms with van der Waals surface area (Å²) in [5, 5.41) is 0. The van der Waals surface area contributed by atoms with Crippen molar-refractivity contribution < 1.29 is 4.79 Å². The van der Waals surface area contributed by atoms with Gasteiger partial charge in [0, 0.05) is 12.3 Å². The molecule has 0 heterocycles. The third-order valence-electron chi connectivity index (χ3n) is 3.17. The lowest BCUT2D eigenvalue weighted by molar-refractivity contribution is -0.121. The first kappa shape index (κ1) is 11.5. The van der Waals surface area contributed by atoms with Gasteiger partial charge in [0.25, 0.3) is 0 Å². The Labute approximate surface area is 87.6 Å². The summed E-state index contributed by atoms with van der Waals surface area (Å²) in [6, 6.07) is 0. The van der Waals surface area contributed by atoms with Crippen LogP contribution in [0.15, 0.2) is 11.1 Å². The van der Waals surface area contributed by atoms with Crippen LogP contribution in [0, 0.1) is 5.92 Å². The van der Waals surface area contributed by atoms with Gasteiger partial charge in [0.15, 0.2) is 0 Å². The minimum Gasteiger partial charge on any atom is -0.299 e. The van der Waals surface area contributed by atoms with Gasteiger partial charge in [0.2, 0.25) is 0 Å². The average Bonchev–Trinajstić information content (AvgIpc) is 2.62. The molecule has 0 aromatic rings. The van der Waals surface area contributed by atoms with E-state index in [1.807, 2.05) is 0 Å². The number of hydrogen-bond acceptors (Lipinski definition) is 1. The molecule has 0 aromatic heterocycles. The van der Waals surface area contributed by atoms with Crippen LogP contribution in [0.2, 0.25) is 0 Å². The summed E-state index contributed by atoms with van der Waals surface area (Å²) in [6.45, 7) is 6.42. The van der Waals surface area contributed by atoms with Crippen molar-refractivity contribution in [2.75, 3.05) is 0 Å². The molecule has 1 aliphatic rings. The van der Waals surface area contributed by atoms with E-state index in [4.69, 9.17) is 0 Å². The summed E-state index contributed by atoms with van der Waals surface area (Å²) in [5.41, 5.74) is 2.81. The highest BCUT2D eigenvalue weighted by Crippen LogP contribution is 2.34. The first-order chi connectivity index (χ1) is 6.66. The molecule has 80 valence electrons. The van der Waals surface area contributed by atoms with Gasteiger partial charge in [0.1, 0.15) is 5.78 Å². The third-order valence-corrected chi connectivity index (χ3v) is 3.17. The van der Waals surface area contributed by atoms with Crippen LogP contribution in [0.1, 0.15) is 59.3 Å². The summed E-state index contributed by atoms with van der Waals surface area (Å²) in [7, 11) is 0. The Hall–Kier alpha value is -0.590. The fourth-order valence-corrected chi connectivity index (χ4v) is 2.32. The van der Waals surface area contributed by atoms with Crippen LogP contribution in [0.5, 0.6) is 0 Å². The van der Waals surface area contributed by atoms with Crippen molar-refractivity contribution in [2.24, 2.45) is 5.92 Å². The Bertz CT molecular complexity index is 234. The van der Waals surface area contributed by atoms with Crippen LogP contribution >= 0.6 is 0 Å². The molecular weight excluding hydrogens is 172 g/mol. The minimum absolute atomic E-state index is 0.284. The number of rotatable bonds is 4. The Morgan fingerprint density at radius 2 is 2.14 bits per heavy atom. The van der Waals surface area contributed by atoms with E-state index in [0.29, 0.717) is 5.78 Å². The second-order valence-electron chi connectivity index (χ2n) is 4.54. The molecule has 0 spiro atoms. The molecule has 0 saturated heterocycles. The molecule has 1 aliphatic carbocycles. The van der Waals surface area contributed by atoms with Gasteiger partial charge in [-0.25, -0.2) is 0 Å². The predicted octanol–water partition coefficient (Wildman–Crippen LogP) is 3.88. The lowest BCUT2D eigenvalue weighted by Gasteiger charge is -2.12. The lowest BCUT2D eigenvalue weighted by atomic mass is 9.92. The molecule has 1 rings (SSSR count). The molecule has 0 aliphatic heterocycles. The fourth-order valence-electron chi connectivity index (χ4n) is 2.32. The topological polar surface area (TPSA) is 17.1 Å². The molecule has 0 N–H and O–H groups in total. The smallest absolute Gasteiger partial charge is 0.140 e. The van der Waals surface area contributed by atoms with E-state index in [1.165, 1.54) is 17.6 Å². The maximum atomic E-state index is 11.9. The predicted molar refractivity (Wildman–Crippen MR) is 60.2 cm³/mol. The van der Waals surface area contributed by atoms with Crippen molar-refractivity contribution in [1.82, 2.24) is 0 Å². The second-order valence-corrected chi connectivity index (χ2v) is 4.54. The quantitative estimate of drug-likeness (QED) is 0.621. The van der Waals surface area contributed by atoms with Crippen molar-refractivity contribution in [3.05, 3.63) is 11.1 Å². The van der Waals surface area contributed by atoms with E-state index >= 15 is 0 Å². The highest BCUT2D eigenvalue weighted by atomic mass is 16.1. The summed E-state index contributed by atoms with van der Waals surface area (Å²) in [4.78, 5) is 11.9. The van der Waals surface area contributed by atoms with E-state index < -0.39 is 0 Å². The van der Waals surface area contributed by atoms with Gasteiger partial charge in [0.05, 0.1) is 0 Å². The van der Waals surface area contributed by atoms with Gasteiger partial charge in [-0.15, -0.1) is 0 Å². The van der Waals surface area contributed by atoms with Crippen LogP contribution in [0.4, 0.5) is 0 Å². The van der Waals surface area contributed by atoms with E-state index in [0.717, 1.165) is 32.1 Å². The number of Topliss-reactive ketones (excluding diaryl/α,β-unsaturated/α-hetero) is 1. The lowest BCUT2D eigenvalue weighted by Crippen LogP contribution is -2.13. The number of allylic oxidation sites excluding steroid dienone is 2. The molecule has 1 nitrogen and oxygen atoms in total. The largest absolute Gasteiger partial charge is 0.299 e. The number of carbonyl (C=O) groups is 1. The number of hydrogen-bond donors (Lipinski definition) is 0. The SMILES string of the molecule is CCCCC(=O)C1CCCC1=C(C)C. The van der Waals surface area contributed by atoms with E-state index in [-0.39, 0.29) is 5.92 Å². The zero-order chi connectivity index (χ0) is 10.6. The van der Waals surface area contributed by atoms with Crippen molar-refractivity contribution in [1.29, 1.82) is 0 Å². The van der Waals surface area contributed by atoms with Gasteiger partial charge < -0.3 is 0 Å². The fraction of sp³-hybridized carbons (Fsp3) is 0.769. The van der Waals surface area contributed by atoms with E-state index in [9.17, 15) is 4.79 Å². The molecule has 0 radical (unpaired) electrons. The molecule has 0 amide bonds. The van der Waals surface area contributed by atoms with Crippen LogP contribution in [0.25, 0.3) is 0 Å². The molecule has 1 atom stereocenters. The zero-order valence-corrected chi connectivity index (χ0v) is 9.73. The third kappa shape index (κ3) is 2.70. The standard InChI is InChI=1S/C13H22O/c1-4-5-9-13(14)12-8-6-7-11(12)10(2)3/h12H,4-9H2,1-3H3. The second kappa shape index (κ2) is 5.33. The van der Waals surface area contributed by atoms with Crippen molar-refractivity contribution in [2.45, 2.75) is 59.3 Å². The molecule has 0 aromatic carbocycles. The summed E-state index contributed by atoms with van der Waals surface area (Å²) in [6.07, 6.45) is 6.45. The summed E-state index contributed by atoms with van der Waals surface area (Å²) in [5.74, 6) is 0.770. The molecular formula is C13H22O. The van der Waals surface area contributed by atoms with Crippen LogP contribution in [0.3, 0.4) is 0 Å². The van der Waals surface area contributed by atoms with Crippen LogP contribution < -0.4 is 0 Å². The Morgan fingerprint density at radius 1 is 1.43 bits per heavy atom. The van der Waals surface area contributed by atoms with Crippen molar-refractivity contribution in [3.8, 4) is 0 Å². The number of unbranched alkanes of at least 4 members (excludes halogenated alkanes) is 1. The molecule has 0 bridgehead atoms. The Kier molecular flexibility index (Phi) is 4.37. The van der Waals surface area contributed by atoms with Crippen LogP contribution in [-0.2, 0) is 4.79 Å². The van der Waals surface area contributed by atoms with Crippen molar-refractivity contribution in [3.63, 3.8) is 0 Å². The molecule has 1 heteroatoms. The molecule has 1 unspecified atom stereocenters. The molecule has 14 heavy (non-hydrogen) atoms. The summed E-state index contributed by atoms with van der Waals surface area (Å²) < 4.78 is 0. The first-order valence-electron chi connectivity index (χ1n) is 5.85. The van der Waals surface area contributed by atoms with Gasteiger partial charge in [-0.05, 0) is 39.5 Å². The monoisotopic (exact) mass is 194 g/mol. The maximum Gasteiger partial charge on any atom is 0.140 e. The van der Waals surface area contributed by atoms with Gasteiger partial charge in [-0.2, -0.15) is 0 Å². The minimum atomic E-state index is 0.284. The highest BCUT2D eigenvalue weighted by Gasteiger charge is 2.27. The highest BCUT2D eigenvalue weighted by molar-refractivity contribution is 5.84. The van der Waals surface area contributed by atoms with Crippen molar-refractivity contribution >= 4 is 5.78 Å². The van der Waals surface area contributed by atoms with Gasteiger partial charge >= 0.3 is 0 Å². The number of ketones is 1. The first-order valence-corrected chi connectivity index (χ1v) is 5.85. The van der Waals surface area contributed by atoms with E-state index in [2.05, 4.69) is 20.8 Å². The maximum absolute atomic E-state index is 11.9. The average molecular weight is 194 g/mol. The summed E-state index contributed by atoms with van der Waals surface area (Å²) >= 11 is 0. The molecule has 1 saturated carbocycles. The molecule has 1 fully saturated rings. The van der Waals surface area contributed by atoms with E-state index in [1.54, 1.807) is 0 Å². The number of carbonyl (C=O) groups excluding carboxylic acids is 1. The Balaban J connectivity index is 2.59. The van der Waals surface area contributed by atoms with Gasteiger partial charge in [-0.1, -0.05) is 24.5 Å². The zero-order valence-electron chi connectivity index (χ0n) is 9.73. The Morgan fingerprint density at radius 3 is 2.71 bits per heavy atom. The van der Waals surface area contributed by atoms with Crippen LogP contribution in [-0.4, -0.2) is 5.78 Å². The normalized spacial score (nSPS) is 21.4.